The topological polar surface area (TPSA) is 59.0 Å². The maximum Gasteiger partial charge on any atom is 0.508 e. The second kappa shape index (κ2) is 7.58. The Balaban J connectivity index is 3.63. The van der Waals surface area contributed by atoms with Crippen LogP contribution in [0.1, 0.15) is 13.8 Å². The molecule has 0 saturated carbocycles. The third-order valence-corrected chi connectivity index (χ3v) is 1.92. The first-order chi connectivity index (χ1) is 6.63. The van der Waals surface area contributed by atoms with Crippen LogP contribution in [-0.4, -0.2) is 55.6 Å². The molecule has 84 valence electrons. The van der Waals surface area contributed by atoms with Crippen LogP contribution in [0.2, 0.25) is 0 Å². The minimum Gasteiger partial charge on any atom is -0.438 e. The lowest BCUT2D eigenvalue weighted by molar-refractivity contribution is 0.0169. The number of nitrogens with zero attached hydrogens (tertiary/aromatic N) is 1. The summed E-state index contributed by atoms with van der Waals surface area (Å²) in [5.74, 6) is 0. The first kappa shape index (κ1) is 13.2. The Bertz CT molecular complexity index is 159. The van der Waals surface area contributed by atoms with Crippen molar-refractivity contribution in [2.24, 2.45) is 0 Å². The van der Waals surface area contributed by atoms with Gasteiger partial charge in [-0.05, 0) is 13.1 Å². The standard InChI is InChI=1S/C9H19NO4/c1-4-10(5-2)6-8(11)7-14-9(12)13-3/h8,11H,4-7H2,1-3H3. The Morgan fingerprint density at radius 2 is 2.00 bits per heavy atom. The Kier molecular flexibility index (Phi) is 7.14. The van der Waals surface area contributed by atoms with Gasteiger partial charge in [-0.3, -0.25) is 0 Å². The van der Waals surface area contributed by atoms with Crippen molar-refractivity contribution in [3.8, 4) is 0 Å². The first-order valence-electron chi connectivity index (χ1n) is 4.75. The molecule has 0 aliphatic carbocycles. The van der Waals surface area contributed by atoms with Crippen molar-refractivity contribution in [2.75, 3.05) is 33.4 Å². The van der Waals surface area contributed by atoms with E-state index in [4.69, 9.17) is 0 Å². The van der Waals surface area contributed by atoms with Gasteiger partial charge < -0.3 is 19.5 Å². The zero-order valence-electron chi connectivity index (χ0n) is 9.02. The van der Waals surface area contributed by atoms with Gasteiger partial charge in [0.25, 0.3) is 0 Å². The molecule has 1 unspecified atom stereocenters. The minimum atomic E-state index is -0.761. The monoisotopic (exact) mass is 205 g/mol. The number of hydrogen-bond acceptors (Lipinski definition) is 5. The summed E-state index contributed by atoms with van der Waals surface area (Å²) in [6.07, 6.45) is -1.42. The highest BCUT2D eigenvalue weighted by atomic mass is 16.7. The van der Waals surface area contributed by atoms with E-state index in [0.717, 1.165) is 13.1 Å². The van der Waals surface area contributed by atoms with E-state index in [9.17, 15) is 9.90 Å². The van der Waals surface area contributed by atoms with Gasteiger partial charge in [-0.2, -0.15) is 0 Å². The quantitative estimate of drug-likeness (QED) is 0.639. The summed E-state index contributed by atoms with van der Waals surface area (Å²) in [5, 5.41) is 9.45. The number of methoxy groups -OCH3 is 1. The third kappa shape index (κ3) is 5.77. The van der Waals surface area contributed by atoms with Crippen molar-refractivity contribution in [1.29, 1.82) is 0 Å². The van der Waals surface area contributed by atoms with Crippen molar-refractivity contribution in [3.63, 3.8) is 0 Å². The highest BCUT2D eigenvalue weighted by Crippen LogP contribution is 1.94. The molecule has 1 N–H and O–H groups in total. The van der Waals surface area contributed by atoms with E-state index in [-0.39, 0.29) is 6.61 Å². The van der Waals surface area contributed by atoms with E-state index >= 15 is 0 Å². The summed E-state index contributed by atoms with van der Waals surface area (Å²) in [6, 6.07) is 0. The lowest BCUT2D eigenvalue weighted by atomic mass is 10.3. The summed E-state index contributed by atoms with van der Waals surface area (Å²) in [7, 11) is 1.24. The molecule has 0 aromatic rings. The second-order valence-corrected chi connectivity index (χ2v) is 2.90. The highest BCUT2D eigenvalue weighted by molar-refractivity contribution is 5.59. The van der Waals surface area contributed by atoms with E-state index in [1.807, 2.05) is 18.7 Å². The normalized spacial score (nSPS) is 12.6. The van der Waals surface area contributed by atoms with E-state index < -0.39 is 12.3 Å². The van der Waals surface area contributed by atoms with Gasteiger partial charge in [0.2, 0.25) is 0 Å². The molecule has 0 spiro atoms. The van der Waals surface area contributed by atoms with Crippen LogP contribution >= 0.6 is 0 Å². The fraction of sp³-hybridized carbons (Fsp3) is 0.889. The molecule has 14 heavy (non-hydrogen) atoms. The molecule has 1 atom stereocenters. The van der Waals surface area contributed by atoms with E-state index in [1.54, 1.807) is 0 Å². The molecule has 0 aliphatic rings. The molecule has 0 radical (unpaired) electrons. The number of hydrogen-bond donors (Lipinski definition) is 1. The molecule has 0 rings (SSSR count). The molecule has 0 aliphatic heterocycles. The van der Waals surface area contributed by atoms with Crippen molar-refractivity contribution < 1.29 is 19.4 Å². The van der Waals surface area contributed by atoms with Gasteiger partial charge in [-0.1, -0.05) is 13.8 Å². The highest BCUT2D eigenvalue weighted by Gasteiger charge is 2.11. The number of carbonyl (C=O) groups excluding carboxylic acids is 1. The zero-order valence-corrected chi connectivity index (χ0v) is 9.02. The number of carbonyl (C=O) groups is 1. The van der Waals surface area contributed by atoms with E-state index in [2.05, 4.69) is 9.47 Å². The van der Waals surface area contributed by atoms with E-state index in [1.165, 1.54) is 7.11 Å². The Hall–Kier alpha value is -0.810. The van der Waals surface area contributed by atoms with Gasteiger partial charge in [0, 0.05) is 6.54 Å². The first-order valence-corrected chi connectivity index (χ1v) is 4.75. The Morgan fingerprint density at radius 1 is 1.43 bits per heavy atom. The molecule has 0 fully saturated rings. The second-order valence-electron chi connectivity index (χ2n) is 2.90. The van der Waals surface area contributed by atoms with Crippen molar-refractivity contribution in [2.45, 2.75) is 20.0 Å². The van der Waals surface area contributed by atoms with Crippen LogP contribution in [-0.2, 0) is 9.47 Å². The van der Waals surface area contributed by atoms with Crippen LogP contribution in [0.15, 0.2) is 0 Å². The molecule has 5 heteroatoms. The molecule has 0 heterocycles. The molecular weight excluding hydrogens is 186 g/mol. The van der Waals surface area contributed by atoms with E-state index in [0.29, 0.717) is 6.54 Å². The van der Waals surface area contributed by atoms with Gasteiger partial charge in [-0.15, -0.1) is 0 Å². The van der Waals surface area contributed by atoms with Crippen LogP contribution in [0, 0.1) is 0 Å². The van der Waals surface area contributed by atoms with Crippen LogP contribution in [0.3, 0.4) is 0 Å². The SMILES string of the molecule is CCN(CC)CC(O)COC(=O)OC. The molecular formula is C9H19NO4. The third-order valence-electron chi connectivity index (χ3n) is 1.92. The fourth-order valence-electron chi connectivity index (χ4n) is 1.06. The maximum absolute atomic E-state index is 10.6. The summed E-state index contributed by atoms with van der Waals surface area (Å²) in [6.45, 7) is 6.24. The van der Waals surface area contributed by atoms with Gasteiger partial charge >= 0.3 is 6.16 Å². The molecule has 0 aromatic heterocycles. The van der Waals surface area contributed by atoms with Crippen molar-refractivity contribution >= 4 is 6.16 Å². The van der Waals surface area contributed by atoms with Gasteiger partial charge in [0.05, 0.1) is 7.11 Å². The average molecular weight is 205 g/mol. The molecule has 5 nitrogen and oxygen atoms in total. The molecule has 0 aromatic carbocycles. The number of rotatable bonds is 6. The summed E-state index contributed by atoms with van der Waals surface area (Å²) in [4.78, 5) is 12.6. The summed E-state index contributed by atoms with van der Waals surface area (Å²) < 4.78 is 8.88. The molecule has 0 bridgehead atoms. The number of aliphatic hydroxyl groups excluding tert-OH is 1. The lowest BCUT2D eigenvalue weighted by Crippen LogP contribution is -2.35. The number of ether oxygens (including phenoxy) is 2. The summed E-state index contributed by atoms with van der Waals surface area (Å²) in [5.41, 5.74) is 0. The predicted octanol–water partition coefficient (Wildman–Crippen LogP) is 0.472. The molecule has 0 saturated heterocycles. The van der Waals surface area contributed by atoms with Gasteiger partial charge in [-0.25, -0.2) is 4.79 Å². The minimum absolute atomic E-state index is 0.0246. The van der Waals surface area contributed by atoms with Crippen molar-refractivity contribution in [1.82, 2.24) is 4.90 Å². The average Bonchev–Trinajstić information content (AvgIpc) is 2.22. The largest absolute Gasteiger partial charge is 0.508 e. The maximum atomic E-state index is 10.6. The van der Waals surface area contributed by atoms with Crippen LogP contribution in [0.5, 0.6) is 0 Å². The Morgan fingerprint density at radius 3 is 2.43 bits per heavy atom. The van der Waals surface area contributed by atoms with Gasteiger partial charge in [0.1, 0.15) is 12.7 Å². The molecule has 0 amide bonds. The van der Waals surface area contributed by atoms with Crippen LogP contribution in [0.25, 0.3) is 0 Å². The van der Waals surface area contributed by atoms with Crippen LogP contribution in [0.4, 0.5) is 4.79 Å². The predicted molar refractivity (Wildman–Crippen MR) is 52.2 cm³/mol. The smallest absolute Gasteiger partial charge is 0.438 e. The lowest BCUT2D eigenvalue weighted by Gasteiger charge is -2.21. The summed E-state index contributed by atoms with van der Waals surface area (Å²) >= 11 is 0. The van der Waals surface area contributed by atoms with Gasteiger partial charge in [0.15, 0.2) is 0 Å². The van der Waals surface area contributed by atoms with Crippen molar-refractivity contribution in [3.05, 3.63) is 0 Å². The zero-order chi connectivity index (χ0) is 11.0. The Labute approximate surface area is 84.6 Å². The van der Waals surface area contributed by atoms with Crippen LogP contribution < -0.4 is 0 Å². The number of likely N-dealkylation sites (N-methyl/N-ethyl adjacent to an activating group) is 1. The number of aliphatic hydroxyl groups is 1. The fourth-order valence-corrected chi connectivity index (χ4v) is 1.06.